The second-order valence-corrected chi connectivity index (χ2v) is 3.52. The van der Waals surface area contributed by atoms with Gasteiger partial charge in [0.2, 0.25) is 0 Å². The van der Waals surface area contributed by atoms with Gasteiger partial charge in [0, 0.05) is 4.48 Å². The minimum Gasteiger partial charge on any atom is -0.481 e. The smallest absolute Gasteiger partial charge is 0.310 e. The molecule has 0 saturated carbocycles. The lowest BCUT2D eigenvalue weighted by Gasteiger charge is -2.14. The molecule has 1 unspecified atom stereocenters. The van der Waals surface area contributed by atoms with Crippen LogP contribution < -0.4 is 0 Å². The van der Waals surface area contributed by atoms with Crippen LogP contribution in [-0.4, -0.2) is 11.1 Å². The van der Waals surface area contributed by atoms with Gasteiger partial charge in [0.15, 0.2) is 0 Å². The molecule has 0 saturated heterocycles. The van der Waals surface area contributed by atoms with Crippen molar-refractivity contribution in [2.24, 2.45) is 5.92 Å². The van der Waals surface area contributed by atoms with E-state index in [4.69, 9.17) is 5.11 Å². The molecule has 1 aliphatic carbocycles. The topological polar surface area (TPSA) is 37.3 Å². The molecule has 0 aromatic rings. The Morgan fingerprint density at radius 2 is 2.45 bits per heavy atom. The molecule has 0 fully saturated rings. The van der Waals surface area contributed by atoms with Gasteiger partial charge in [-0.1, -0.05) is 27.6 Å². The van der Waals surface area contributed by atoms with E-state index < -0.39 is 5.97 Å². The van der Waals surface area contributed by atoms with Crippen molar-refractivity contribution in [2.75, 3.05) is 0 Å². The van der Waals surface area contributed by atoms with Crippen molar-refractivity contribution in [1.29, 1.82) is 0 Å². The normalized spacial score (nSPS) is 24.0. The van der Waals surface area contributed by atoms with Crippen LogP contribution in [0.25, 0.3) is 0 Å². The summed E-state index contributed by atoms with van der Waals surface area (Å²) in [7, 11) is 0. The Morgan fingerprint density at radius 3 is 2.91 bits per heavy atom. The quantitative estimate of drug-likeness (QED) is 0.731. The molecule has 3 heteroatoms. The maximum absolute atomic E-state index is 10.6. The third kappa shape index (κ3) is 1.93. The summed E-state index contributed by atoms with van der Waals surface area (Å²) in [5.74, 6) is -1.06. The second kappa shape index (κ2) is 3.22. The third-order valence-electron chi connectivity index (χ3n) is 1.76. The van der Waals surface area contributed by atoms with E-state index >= 15 is 0 Å². The molecule has 1 atom stereocenters. The van der Waals surface area contributed by atoms with Crippen LogP contribution in [0.15, 0.2) is 22.2 Å². The molecule has 1 rings (SSSR count). The summed E-state index contributed by atoms with van der Waals surface area (Å²) in [6.45, 7) is 1.84. The van der Waals surface area contributed by atoms with Gasteiger partial charge in [-0.3, -0.25) is 4.79 Å². The van der Waals surface area contributed by atoms with Crippen LogP contribution in [-0.2, 0) is 4.79 Å². The fourth-order valence-electron chi connectivity index (χ4n) is 1.09. The van der Waals surface area contributed by atoms with E-state index in [0.29, 0.717) is 6.42 Å². The van der Waals surface area contributed by atoms with Crippen molar-refractivity contribution >= 4 is 21.9 Å². The first-order chi connectivity index (χ1) is 5.11. The number of rotatable bonds is 1. The summed E-state index contributed by atoms with van der Waals surface area (Å²) in [6.07, 6.45) is 4.33. The predicted molar refractivity (Wildman–Crippen MR) is 46.5 cm³/mol. The van der Waals surface area contributed by atoms with Crippen LogP contribution in [0.3, 0.4) is 0 Å². The summed E-state index contributed by atoms with van der Waals surface area (Å²) >= 11 is 3.30. The molecule has 1 aliphatic rings. The van der Waals surface area contributed by atoms with Gasteiger partial charge in [0.1, 0.15) is 0 Å². The minimum atomic E-state index is -0.741. The van der Waals surface area contributed by atoms with Crippen LogP contribution in [0.5, 0.6) is 0 Å². The predicted octanol–water partition coefficient (Wildman–Crippen LogP) is 2.32. The highest BCUT2D eigenvalue weighted by molar-refractivity contribution is 9.11. The summed E-state index contributed by atoms with van der Waals surface area (Å²) in [5.41, 5.74) is 0.909. The molecule has 0 heterocycles. The number of hydrogen-bond donors (Lipinski definition) is 1. The Morgan fingerprint density at radius 1 is 1.82 bits per heavy atom. The number of hydrogen-bond acceptors (Lipinski definition) is 1. The van der Waals surface area contributed by atoms with Gasteiger partial charge in [-0.15, -0.1) is 0 Å². The van der Waals surface area contributed by atoms with Crippen molar-refractivity contribution in [3.05, 3.63) is 22.2 Å². The van der Waals surface area contributed by atoms with Crippen molar-refractivity contribution < 1.29 is 9.90 Å². The summed E-state index contributed by atoms with van der Waals surface area (Å²) in [5, 5.41) is 8.71. The van der Waals surface area contributed by atoms with Crippen LogP contribution in [0.1, 0.15) is 13.3 Å². The van der Waals surface area contributed by atoms with Gasteiger partial charge < -0.3 is 5.11 Å². The van der Waals surface area contributed by atoms with E-state index in [1.54, 1.807) is 0 Å². The average molecular weight is 217 g/mol. The van der Waals surface area contributed by atoms with E-state index in [0.717, 1.165) is 10.1 Å². The van der Waals surface area contributed by atoms with Crippen LogP contribution in [0, 0.1) is 5.92 Å². The Kier molecular flexibility index (Phi) is 2.49. The lowest BCUT2D eigenvalue weighted by molar-refractivity contribution is -0.140. The molecule has 0 aliphatic heterocycles. The highest BCUT2D eigenvalue weighted by Gasteiger charge is 2.20. The van der Waals surface area contributed by atoms with Gasteiger partial charge in [-0.2, -0.15) is 0 Å². The first-order valence-corrected chi connectivity index (χ1v) is 4.17. The summed E-state index contributed by atoms with van der Waals surface area (Å²) < 4.78 is 0.979. The fraction of sp³-hybridized carbons (Fsp3) is 0.375. The zero-order valence-corrected chi connectivity index (χ0v) is 7.76. The van der Waals surface area contributed by atoms with Gasteiger partial charge in [-0.25, -0.2) is 0 Å². The van der Waals surface area contributed by atoms with Crippen molar-refractivity contribution in [1.82, 2.24) is 0 Å². The maximum Gasteiger partial charge on any atom is 0.310 e. The highest BCUT2D eigenvalue weighted by Crippen LogP contribution is 2.26. The average Bonchev–Trinajstić information content (AvgIpc) is 1.85. The van der Waals surface area contributed by atoms with Crippen molar-refractivity contribution in [2.45, 2.75) is 13.3 Å². The molecule has 0 spiro atoms. The summed E-state index contributed by atoms with van der Waals surface area (Å²) in [6, 6.07) is 0. The molecule has 0 aromatic heterocycles. The lowest BCUT2D eigenvalue weighted by atomic mass is 9.93. The second-order valence-electron chi connectivity index (χ2n) is 2.60. The van der Waals surface area contributed by atoms with Gasteiger partial charge in [-0.05, 0) is 19.4 Å². The van der Waals surface area contributed by atoms with Gasteiger partial charge in [0.25, 0.3) is 0 Å². The van der Waals surface area contributed by atoms with Crippen molar-refractivity contribution in [3.63, 3.8) is 0 Å². The van der Waals surface area contributed by atoms with Crippen LogP contribution >= 0.6 is 15.9 Å². The first kappa shape index (κ1) is 8.53. The maximum atomic E-state index is 10.6. The number of carboxylic acids is 1. The zero-order chi connectivity index (χ0) is 8.43. The standard InChI is InChI=1S/C8H9BrO2/c1-5-4-6(9)2-3-7(5)8(10)11/h2,4,7H,3H2,1H3,(H,10,11). The third-order valence-corrected chi connectivity index (χ3v) is 2.31. The molecule has 2 nitrogen and oxygen atoms in total. The minimum absolute atomic E-state index is 0.323. The van der Waals surface area contributed by atoms with Crippen LogP contribution in [0.2, 0.25) is 0 Å². The van der Waals surface area contributed by atoms with E-state index in [2.05, 4.69) is 15.9 Å². The van der Waals surface area contributed by atoms with E-state index in [1.165, 1.54) is 0 Å². The Labute approximate surface area is 73.7 Å². The van der Waals surface area contributed by atoms with Crippen molar-refractivity contribution in [3.8, 4) is 0 Å². The van der Waals surface area contributed by atoms with Crippen LogP contribution in [0.4, 0.5) is 0 Å². The Bertz CT molecular complexity index is 240. The molecule has 0 radical (unpaired) electrons. The van der Waals surface area contributed by atoms with E-state index in [9.17, 15) is 4.79 Å². The molecule has 1 N–H and O–H groups in total. The molecule has 0 aromatic carbocycles. The monoisotopic (exact) mass is 216 g/mol. The first-order valence-electron chi connectivity index (χ1n) is 3.38. The Hall–Kier alpha value is -0.570. The number of carboxylic acid groups (broad SMARTS) is 1. The molecular weight excluding hydrogens is 208 g/mol. The number of halogens is 1. The molecular formula is C8H9BrO2. The molecule has 0 amide bonds. The number of aliphatic carboxylic acids is 1. The van der Waals surface area contributed by atoms with Gasteiger partial charge in [0.05, 0.1) is 5.92 Å². The zero-order valence-electron chi connectivity index (χ0n) is 6.17. The van der Waals surface area contributed by atoms with Gasteiger partial charge >= 0.3 is 5.97 Å². The highest BCUT2D eigenvalue weighted by atomic mass is 79.9. The largest absolute Gasteiger partial charge is 0.481 e. The fourth-order valence-corrected chi connectivity index (χ4v) is 1.64. The van der Waals surface area contributed by atoms with E-state index in [1.807, 2.05) is 19.1 Å². The molecule has 60 valence electrons. The molecule has 11 heavy (non-hydrogen) atoms. The number of carbonyl (C=O) groups is 1. The summed E-state index contributed by atoms with van der Waals surface area (Å²) in [4.78, 5) is 10.6. The lowest BCUT2D eigenvalue weighted by Crippen LogP contribution is -2.15. The van der Waals surface area contributed by atoms with E-state index in [-0.39, 0.29) is 5.92 Å². The number of allylic oxidation sites excluding steroid dienone is 3. The SMILES string of the molecule is CC1=CC(Br)=CCC1C(=O)O. The Balaban J connectivity index is 2.80. The molecule has 0 bridgehead atoms.